The second kappa shape index (κ2) is 7.52. The van der Waals surface area contributed by atoms with Crippen molar-refractivity contribution in [3.05, 3.63) is 35.9 Å². The van der Waals surface area contributed by atoms with E-state index in [9.17, 15) is 0 Å². The minimum absolute atomic E-state index is 0.0382. The van der Waals surface area contributed by atoms with Gasteiger partial charge in [0, 0.05) is 20.2 Å². The summed E-state index contributed by atoms with van der Waals surface area (Å²) in [6, 6.07) is 10.6. The SMILES string of the molecule is CCC(CN)(COC)N(C)CCc1ccccc1. The number of hydrogen-bond donors (Lipinski definition) is 1. The third-order valence-corrected chi connectivity index (χ3v) is 3.84. The van der Waals surface area contributed by atoms with Crippen LogP contribution in [0.1, 0.15) is 18.9 Å². The zero-order valence-electron chi connectivity index (χ0n) is 11.9. The van der Waals surface area contributed by atoms with E-state index in [1.165, 1.54) is 5.56 Å². The molecule has 0 aliphatic heterocycles. The number of rotatable bonds is 8. The van der Waals surface area contributed by atoms with E-state index in [-0.39, 0.29) is 5.54 Å². The van der Waals surface area contributed by atoms with Crippen LogP contribution in [0.2, 0.25) is 0 Å². The molecule has 0 aliphatic rings. The van der Waals surface area contributed by atoms with Crippen molar-refractivity contribution in [2.75, 3.05) is 33.9 Å². The fraction of sp³-hybridized carbons (Fsp3) is 0.600. The Bertz CT molecular complexity index is 323. The number of methoxy groups -OCH3 is 1. The smallest absolute Gasteiger partial charge is 0.0658 e. The minimum Gasteiger partial charge on any atom is -0.383 e. The van der Waals surface area contributed by atoms with Crippen molar-refractivity contribution < 1.29 is 4.74 Å². The number of ether oxygens (including phenoxy) is 1. The Morgan fingerprint density at radius 2 is 1.94 bits per heavy atom. The van der Waals surface area contributed by atoms with Gasteiger partial charge in [-0.25, -0.2) is 0 Å². The third kappa shape index (κ3) is 3.80. The Morgan fingerprint density at radius 1 is 1.28 bits per heavy atom. The quantitative estimate of drug-likeness (QED) is 0.766. The summed E-state index contributed by atoms with van der Waals surface area (Å²) in [5.74, 6) is 0. The summed E-state index contributed by atoms with van der Waals surface area (Å²) in [5, 5.41) is 0. The molecule has 0 saturated carbocycles. The Balaban J connectivity index is 2.59. The van der Waals surface area contributed by atoms with Gasteiger partial charge in [0.05, 0.1) is 12.1 Å². The molecule has 102 valence electrons. The summed E-state index contributed by atoms with van der Waals surface area (Å²) in [4.78, 5) is 2.34. The molecule has 1 aromatic carbocycles. The van der Waals surface area contributed by atoms with Gasteiger partial charge >= 0.3 is 0 Å². The van der Waals surface area contributed by atoms with E-state index >= 15 is 0 Å². The second-order valence-corrected chi connectivity index (χ2v) is 4.87. The molecule has 1 unspecified atom stereocenters. The minimum atomic E-state index is -0.0382. The molecule has 0 heterocycles. The van der Waals surface area contributed by atoms with E-state index in [4.69, 9.17) is 10.5 Å². The molecule has 0 amide bonds. The fourth-order valence-corrected chi connectivity index (χ4v) is 2.29. The Morgan fingerprint density at radius 3 is 2.44 bits per heavy atom. The van der Waals surface area contributed by atoms with Crippen LogP contribution in [-0.2, 0) is 11.2 Å². The standard InChI is InChI=1S/C15H26N2O/c1-4-15(12-16,13-18-3)17(2)11-10-14-8-6-5-7-9-14/h5-9H,4,10-13,16H2,1-3H3. The summed E-state index contributed by atoms with van der Waals surface area (Å²) >= 11 is 0. The van der Waals surface area contributed by atoms with Crippen molar-refractivity contribution in [3.63, 3.8) is 0 Å². The Kier molecular flexibility index (Phi) is 6.33. The highest BCUT2D eigenvalue weighted by molar-refractivity contribution is 5.15. The zero-order valence-corrected chi connectivity index (χ0v) is 11.9. The van der Waals surface area contributed by atoms with E-state index in [0.29, 0.717) is 13.2 Å². The summed E-state index contributed by atoms with van der Waals surface area (Å²) in [6.45, 7) is 4.48. The van der Waals surface area contributed by atoms with Crippen LogP contribution in [0.3, 0.4) is 0 Å². The summed E-state index contributed by atoms with van der Waals surface area (Å²) in [5.41, 5.74) is 7.28. The topological polar surface area (TPSA) is 38.5 Å². The number of benzene rings is 1. The molecule has 18 heavy (non-hydrogen) atoms. The molecule has 3 nitrogen and oxygen atoms in total. The van der Waals surface area contributed by atoms with Gasteiger partial charge in [0.2, 0.25) is 0 Å². The van der Waals surface area contributed by atoms with Crippen molar-refractivity contribution >= 4 is 0 Å². The van der Waals surface area contributed by atoms with Crippen LogP contribution >= 0.6 is 0 Å². The largest absolute Gasteiger partial charge is 0.383 e. The van der Waals surface area contributed by atoms with Gasteiger partial charge in [-0.2, -0.15) is 0 Å². The first-order valence-corrected chi connectivity index (χ1v) is 6.62. The molecule has 0 bridgehead atoms. The maximum absolute atomic E-state index is 5.95. The lowest BCUT2D eigenvalue weighted by molar-refractivity contribution is 0.0287. The van der Waals surface area contributed by atoms with Crippen LogP contribution < -0.4 is 5.73 Å². The maximum atomic E-state index is 5.95. The molecular formula is C15H26N2O. The number of hydrogen-bond acceptors (Lipinski definition) is 3. The molecule has 2 N–H and O–H groups in total. The van der Waals surface area contributed by atoms with Crippen molar-refractivity contribution in [2.45, 2.75) is 25.3 Å². The van der Waals surface area contributed by atoms with Crippen molar-refractivity contribution in [1.29, 1.82) is 0 Å². The molecule has 0 aliphatic carbocycles. The van der Waals surface area contributed by atoms with Gasteiger partial charge in [-0.05, 0) is 25.5 Å². The van der Waals surface area contributed by atoms with Crippen LogP contribution in [0, 0.1) is 0 Å². The molecule has 3 heteroatoms. The maximum Gasteiger partial charge on any atom is 0.0658 e. The number of nitrogens with zero attached hydrogens (tertiary/aromatic N) is 1. The van der Waals surface area contributed by atoms with E-state index in [1.807, 2.05) is 6.07 Å². The highest BCUT2D eigenvalue weighted by atomic mass is 16.5. The Labute approximate surface area is 111 Å². The summed E-state index contributed by atoms with van der Waals surface area (Å²) < 4.78 is 5.34. The molecule has 0 radical (unpaired) electrons. The first-order valence-electron chi connectivity index (χ1n) is 6.62. The molecule has 1 rings (SSSR count). The zero-order chi connectivity index (χ0) is 13.4. The first kappa shape index (κ1) is 15.2. The lowest BCUT2D eigenvalue weighted by Gasteiger charge is -2.40. The van der Waals surface area contributed by atoms with Gasteiger partial charge in [0.25, 0.3) is 0 Å². The summed E-state index contributed by atoms with van der Waals surface area (Å²) in [6.07, 6.45) is 2.05. The van der Waals surface area contributed by atoms with Crippen molar-refractivity contribution in [2.24, 2.45) is 5.73 Å². The molecule has 1 aromatic rings. The molecule has 0 spiro atoms. The van der Waals surface area contributed by atoms with Crippen molar-refractivity contribution in [1.82, 2.24) is 4.90 Å². The molecule has 1 atom stereocenters. The van der Waals surface area contributed by atoms with Gasteiger partial charge in [-0.15, -0.1) is 0 Å². The number of nitrogens with two attached hydrogens (primary N) is 1. The number of likely N-dealkylation sites (N-methyl/N-ethyl adjacent to an activating group) is 1. The normalized spacial score (nSPS) is 14.7. The lowest BCUT2D eigenvalue weighted by Crippen LogP contribution is -2.55. The molecule has 0 fully saturated rings. The lowest BCUT2D eigenvalue weighted by atomic mass is 9.94. The van der Waals surface area contributed by atoms with Gasteiger partial charge in [-0.1, -0.05) is 37.3 Å². The van der Waals surface area contributed by atoms with E-state index in [2.05, 4.69) is 43.1 Å². The van der Waals surface area contributed by atoms with Gasteiger partial charge in [0.1, 0.15) is 0 Å². The molecule has 0 saturated heterocycles. The summed E-state index contributed by atoms with van der Waals surface area (Å²) in [7, 11) is 3.88. The first-order chi connectivity index (χ1) is 8.68. The second-order valence-electron chi connectivity index (χ2n) is 4.87. The van der Waals surface area contributed by atoms with E-state index < -0.39 is 0 Å². The van der Waals surface area contributed by atoms with E-state index in [1.54, 1.807) is 7.11 Å². The monoisotopic (exact) mass is 250 g/mol. The predicted octanol–water partition coefficient (Wildman–Crippen LogP) is 1.91. The molecule has 0 aromatic heterocycles. The van der Waals surface area contributed by atoms with Crippen LogP contribution in [0.25, 0.3) is 0 Å². The molecular weight excluding hydrogens is 224 g/mol. The predicted molar refractivity (Wildman–Crippen MR) is 76.7 cm³/mol. The van der Waals surface area contributed by atoms with Crippen LogP contribution in [0.5, 0.6) is 0 Å². The Hall–Kier alpha value is -0.900. The highest BCUT2D eigenvalue weighted by Crippen LogP contribution is 2.18. The van der Waals surface area contributed by atoms with E-state index in [0.717, 1.165) is 19.4 Å². The van der Waals surface area contributed by atoms with Gasteiger partial charge in [-0.3, -0.25) is 4.90 Å². The van der Waals surface area contributed by atoms with Crippen LogP contribution in [0.4, 0.5) is 0 Å². The average molecular weight is 250 g/mol. The van der Waals surface area contributed by atoms with Gasteiger partial charge in [0.15, 0.2) is 0 Å². The van der Waals surface area contributed by atoms with Crippen LogP contribution in [0.15, 0.2) is 30.3 Å². The van der Waals surface area contributed by atoms with Gasteiger partial charge < -0.3 is 10.5 Å². The highest BCUT2D eigenvalue weighted by Gasteiger charge is 2.30. The fourth-order valence-electron chi connectivity index (χ4n) is 2.29. The average Bonchev–Trinajstić information content (AvgIpc) is 2.43. The van der Waals surface area contributed by atoms with Crippen molar-refractivity contribution in [3.8, 4) is 0 Å². The van der Waals surface area contributed by atoms with Crippen LogP contribution in [-0.4, -0.2) is 44.3 Å². The third-order valence-electron chi connectivity index (χ3n) is 3.84.